The lowest BCUT2D eigenvalue weighted by Crippen LogP contribution is -2.52. The average molecular weight is 296 g/mol. The molecule has 1 atom stereocenters. The molecule has 1 saturated heterocycles. The fourth-order valence-electron chi connectivity index (χ4n) is 4.10. The van der Waals surface area contributed by atoms with Gasteiger partial charge in [-0.2, -0.15) is 0 Å². The first kappa shape index (κ1) is 17.2. The van der Waals surface area contributed by atoms with Crippen LogP contribution in [0.5, 0.6) is 0 Å². The van der Waals surface area contributed by atoms with Crippen LogP contribution in [-0.2, 0) is 4.74 Å². The highest BCUT2D eigenvalue weighted by molar-refractivity contribution is 4.89. The summed E-state index contributed by atoms with van der Waals surface area (Å²) < 4.78 is 5.69. The topological polar surface area (TPSA) is 24.5 Å². The van der Waals surface area contributed by atoms with Crippen LogP contribution in [0.1, 0.15) is 65.2 Å². The lowest BCUT2D eigenvalue weighted by atomic mass is 9.79. The molecule has 3 nitrogen and oxygen atoms in total. The van der Waals surface area contributed by atoms with E-state index in [4.69, 9.17) is 4.74 Å². The van der Waals surface area contributed by atoms with Gasteiger partial charge in [-0.15, -0.1) is 0 Å². The highest BCUT2D eigenvalue weighted by Gasteiger charge is 2.35. The first-order valence-electron chi connectivity index (χ1n) is 9.32. The Morgan fingerprint density at radius 1 is 1.14 bits per heavy atom. The second-order valence-corrected chi connectivity index (χ2v) is 7.20. The van der Waals surface area contributed by atoms with E-state index < -0.39 is 0 Å². The molecule has 1 aliphatic heterocycles. The van der Waals surface area contributed by atoms with Gasteiger partial charge in [0.15, 0.2) is 0 Å². The second kappa shape index (κ2) is 9.12. The van der Waals surface area contributed by atoms with E-state index in [9.17, 15) is 0 Å². The molecule has 1 aliphatic carbocycles. The van der Waals surface area contributed by atoms with E-state index in [0.29, 0.717) is 11.5 Å². The van der Waals surface area contributed by atoms with Crippen LogP contribution in [0.4, 0.5) is 0 Å². The number of hydrogen-bond donors (Lipinski definition) is 1. The number of nitrogens with zero attached hydrogens (tertiary/aromatic N) is 1. The minimum Gasteiger partial charge on any atom is -0.378 e. The van der Waals surface area contributed by atoms with E-state index >= 15 is 0 Å². The summed E-state index contributed by atoms with van der Waals surface area (Å²) in [5.41, 5.74) is 0.510. The van der Waals surface area contributed by atoms with Crippen molar-refractivity contribution in [3.63, 3.8) is 0 Å². The molecule has 1 N–H and O–H groups in total. The Kier molecular flexibility index (Phi) is 7.48. The largest absolute Gasteiger partial charge is 0.378 e. The number of ether oxygens (including phenoxy) is 1. The van der Waals surface area contributed by atoms with Gasteiger partial charge in [0.25, 0.3) is 0 Å². The van der Waals surface area contributed by atoms with Crippen molar-refractivity contribution in [1.29, 1.82) is 0 Å². The van der Waals surface area contributed by atoms with Gasteiger partial charge < -0.3 is 10.1 Å². The van der Waals surface area contributed by atoms with Gasteiger partial charge in [-0.3, -0.25) is 4.90 Å². The van der Waals surface area contributed by atoms with E-state index in [1.54, 1.807) is 0 Å². The summed E-state index contributed by atoms with van der Waals surface area (Å²) in [5, 5.41) is 3.74. The minimum atomic E-state index is 0.510. The van der Waals surface area contributed by atoms with Crippen molar-refractivity contribution in [2.24, 2.45) is 5.41 Å². The first-order valence-corrected chi connectivity index (χ1v) is 9.32. The summed E-state index contributed by atoms with van der Waals surface area (Å²) in [6.45, 7) is 11.2. The molecule has 2 rings (SSSR count). The SMILES string of the molecule is CCCNCC1(CN2CCOCC2CC)CCCCCC1. The Morgan fingerprint density at radius 3 is 2.57 bits per heavy atom. The zero-order chi connectivity index (χ0) is 15.0. The van der Waals surface area contributed by atoms with Crippen molar-refractivity contribution in [3.05, 3.63) is 0 Å². The summed E-state index contributed by atoms with van der Waals surface area (Å²) in [7, 11) is 0. The van der Waals surface area contributed by atoms with Gasteiger partial charge in [0.1, 0.15) is 0 Å². The maximum Gasteiger partial charge on any atom is 0.0622 e. The van der Waals surface area contributed by atoms with Gasteiger partial charge in [0.2, 0.25) is 0 Å². The Hall–Kier alpha value is -0.120. The highest BCUT2D eigenvalue weighted by atomic mass is 16.5. The maximum atomic E-state index is 5.69. The van der Waals surface area contributed by atoms with Gasteiger partial charge in [0.05, 0.1) is 13.2 Å². The number of rotatable bonds is 7. The maximum absolute atomic E-state index is 5.69. The first-order chi connectivity index (χ1) is 10.3. The molecule has 0 aromatic heterocycles. The minimum absolute atomic E-state index is 0.510. The Balaban J connectivity index is 1.99. The van der Waals surface area contributed by atoms with Crippen molar-refractivity contribution in [3.8, 4) is 0 Å². The molecule has 2 fully saturated rings. The monoisotopic (exact) mass is 296 g/mol. The van der Waals surface area contributed by atoms with Gasteiger partial charge in [0, 0.05) is 25.7 Å². The molecule has 0 spiro atoms. The molecule has 0 radical (unpaired) electrons. The predicted octanol–water partition coefficient (Wildman–Crippen LogP) is 3.44. The van der Waals surface area contributed by atoms with Crippen molar-refractivity contribution < 1.29 is 4.74 Å². The van der Waals surface area contributed by atoms with E-state index in [2.05, 4.69) is 24.1 Å². The van der Waals surface area contributed by atoms with E-state index in [1.165, 1.54) is 71.0 Å². The number of nitrogens with one attached hydrogen (secondary N) is 1. The molecule has 0 aromatic carbocycles. The van der Waals surface area contributed by atoms with E-state index in [0.717, 1.165) is 19.8 Å². The molecule has 1 unspecified atom stereocenters. The number of hydrogen-bond acceptors (Lipinski definition) is 3. The van der Waals surface area contributed by atoms with Crippen molar-refractivity contribution in [1.82, 2.24) is 10.2 Å². The average Bonchev–Trinajstić information content (AvgIpc) is 2.74. The third-order valence-electron chi connectivity index (χ3n) is 5.45. The van der Waals surface area contributed by atoms with Crippen LogP contribution in [-0.4, -0.2) is 50.3 Å². The van der Waals surface area contributed by atoms with Gasteiger partial charge >= 0.3 is 0 Å². The van der Waals surface area contributed by atoms with Crippen LogP contribution in [0.3, 0.4) is 0 Å². The quantitative estimate of drug-likeness (QED) is 0.575. The van der Waals surface area contributed by atoms with E-state index in [-0.39, 0.29) is 0 Å². The predicted molar refractivity (Wildman–Crippen MR) is 89.8 cm³/mol. The molecule has 1 heterocycles. The van der Waals surface area contributed by atoms with Crippen molar-refractivity contribution in [2.75, 3.05) is 39.4 Å². The molecule has 0 aromatic rings. The van der Waals surface area contributed by atoms with Crippen LogP contribution in [0.25, 0.3) is 0 Å². The zero-order valence-electron chi connectivity index (χ0n) is 14.3. The summed E-state index contributed by atoms with van der Waals surface area (Å²) in [4.78, 5) is 2.74. The molecule has 0 amide bonds. The summed E-state index contributed by atoms with van der Waals surface area (Å²) >= 11 is 0. The lowest BCUT2D eigenvalue weighted by molar-refractivity contribution is -0.0307. The van der Waals surface area contributed by atoms with E-state index in [1.807, 2.05) is 0 Å². The normalized spacial score (nSPS) is 27.4. The molecule has 0 bridgehead atoms. The molecule has 1 saturated carbocycles. The third kappa shape index (κ3) is 5.22. The van der Waals surface area contributed by atoms with Crippen LogP contribution >= 0.6 is 0 Å². The Labute approximate surface area is 131 Å². The number of morpholine rings is 1. The van der Waals surface area contributed by atoms with Gasteiger partial charge in [-0.05, 0) is 37.6 Å². The fourth-order valence-corrected chi connectivity index (χ4v) is 4.10. The Bertz CT molecular complexity index is 274. The smallest absolute Gasteiger partial charge is 0.0622 e. The second-order valence-electron chi connectivity index (χ2n) is 7.20. The molecule has 2 aliphatic rings. The zero-order valence-corrected chi connectivity index (χ0v) is 14.3. The summed E-state index contributed by atoms with van der Waals surface area (Å²) in [5.74, 6) is 0. The summed E-state index contributed by atoms with van der Waals surface area (Å²) in [6.07, 6.45) is 11.0. The molecule has 124 valence electrons. The van der Waals surface area contributed by atoms with Gasteiger partial charge in [-0.1, -0.05) is 39.5 Å². The van der Waals surface area contributed by atoms with Crippen LogP contribution in [0, 0.1) is 5.41 Å². The standard InChI is InChI=1S/C18H36N2O/c1-3-11-19-15-18(9-7-5-6-8-10-18)16-20-12-13-21-14-17(20)4-2/h17,19H,3-16H2,1-2H3. The third-order valence-corrected chi connectivity index (χ3v) is 5.45. The molecule has 3 heteroatoms. The summed E-state index contributed by atoms with van der Waals surface area (Å²) in [6, 6.07) is 0.644. The van der Waals surface area contributed by atoms with Crippen LogP contribution in [0.2, 0.25) is 0 Å². The molecular weight excluding hydrogens is 260 g/mol. The lowest BCUT2D eigenvalue weighted by Gasteiger charge is -2.43. The van der Waals surface area contributed by atoms with Crippen LogP contribution < -0.4 is 5.32 Å². The molecule has 21 heavy (non-hydrogen) atoms. The Morgan fingerprint density at radius 2 is 1.90 bits per heavy atom. The van der Waals surface area contributed by atoms with Crippen molar-refractivity contribution in [2.45, 2.75) is 71.3 Å². The fraction of sp³-hybridized carbons (Fsp3) is 1.00. The molecular formula is C18H36N2O. The van der Waals surface area contributed by atoms with Gasteiger partial charge in [-0.25, -0.2) is 0 Å². The van der Waals surface area contributed by atoms with Crippen molar-refractivity contribution >= 4 is 0 Å². The van der Waals surface area contributed by atoms with Crippen LogP contribution in [0.15, 0.2) is 0 Å². The highest BCUT2D eigenvalue weighted by Crippen LogP contribution is 2.36.